The summed E-state index contributed by atoms with van der Waals surface area (Å²) in [7, 11) is 0. The third-order valence-electron chi connectivity index (χ3n) is 4.99. The van der Waals surface area contributed by atoms with Gasteiger partial charge in [-0.05, 0) is 38.2 Å². The lowest BCUT2D eigenvalue weighted by atomic mass is 10.2. The predicted molar refractivity (Wildman–Crippen MR) is 127 cm³/mol. The second kappa shape index (κ2) is 9.49. The van der Waals surface area contributed by atoms with E-state index in [2.05, 4.69) is 32.9 Å². The molecule has 0 saturated heterocycles. The summed E-state index contributed by atoms with van der Waals surface area (Å²) < 4.78 is 19.4. The lowest BCUT2D eigenvalue weighted by Gasteiger charge is -2.07. The summed E-state index contributed by atoms with van der Waals surface area (Å²) in [4.78, 5) is 0. The second-order valence-corrected chi connectivity index (χ2v) is 7.99. The molecule has 0 fully saturated rings. The fraction of sp³-hybridized carbons (Fsp3) is 0.238. The van der Waals surface area contributed by atoms with E-state index in [1.165, 1.54) is 6.07 Å². The summed E-state index contributed by atoms with van der Waals surface area (Å²) in [5.41, 5.74) is 3.38. The van der Waals surface area contributed by atoms with E-state index in [-0.39, 0.29) is 12.4 Å². The Bertz CT molecular complexity index is 1220. The minimum Gasteiger partial charge on any atom is -0.330 e. The van der Waals surface area contributed by atoms with E-state index in [0.717, 1.165) is 23.5 Å². The van der Waals surface area contributed by atoms with Gasteiger partial charge >= 0.3 is 0 Å². The first-order valence-electron chi connectivity index (χ1n) is 10.0. The number of aromatic nitrogens is 6. The molecule has 0 amide bonds. The summed E-state index contributed by atoms with van der Waals surface area (Å²) in [5, 5.41) is 20.0. The van der Waals surface area contributed by atoms with Crippen LogP contribution in [0, 0.1) is 12.7 Å². The molecule has 0 atom stereocenters. The highest BCUT2D eigenvalue weighted by molar-refractivity contribution is 7.80. The maximum Gasteiger partial charge on any atom is 0.176 e. The fourth-order valence-electron chi connectivity index (χ4n) is 3.29. The van der Waals surface area contributed by atoms with Crippen LogP contribution in [-0.2, 0) is 19.6 Å². The molecule has 2 N–H and O–H groups in total. The fourth-order valence-corrected chi connectivity index (χ4v) is 3.73. The molecule has 0 aliphatic heterocycles. The van der Waals surface area contributed by atoms with Gasteiger partial charge in [0.05, 0.1) is 31.2 Å². The lowest BCUT2D eigenvalue weighted by molar-refractivity contribution is 0.586. The minimum atomic E-state index is -0.367. The summed E-state index contributed by atoms with van der Waals surface area (Å²) in [6.45, 7) is 5.78. The highest BCUT2D eigenvalue weighted by Gasteiger charge is 2.10. The van der Waals surface area contributed by atoms with E-state index in [1.807, 2.05) is 28.7 Å². The van der Waals surface area contributed by atoms with Crippen molar-refractivity contribution >= 4 is 40.4 Å². The Morgan fingerprint density at radius 2 is 1.97 bits per heavy atom. The molecule has 4 aromatic rings. The van der Waals surface area contributed by atoms with E-state index in [0.29, 0.717) is 28.1 Å². The zero-order valence-electron chi connectivity index (χ0n) is 17.6. The van der Waals surface area contributed by atoms with E-state index in [4.69, 9.17) is 23.8 Å². The topological polar surface area (TPSA) is 77.5 Å². The van der Waals surface area contributed by atoms with Crippen molar-refractivity contribution < 1.29 is 4.39 Å². The molecule has 11 heteroatoms. The van der Waals surface area contributed by atoms with Crippen molar-refractivity contribution in [1.29, 1.82) is 0 Å². The molecule has 8 nitrogen and oxygen atoms in total. The van der Waals surface area contributed by atoms with Gasteiger partial charge in [0.1, 0.15) is 5.82 Å². The maximum absolute atomic E-state index is 14.0. The van der Waals surface area contributed by atoms with Crippen LogP contribution in [0.2, 0.25) is 5.02 Å². The lowest BCUT2D eigenvalue weighted by Crippen LogP contribution is -2.19. The zero-order chi connectivity index (χ0) is 22.7. The molecule has 0 saturated carbocycles. The molecular formula is C21H22ClFN8S. The van der Waals surface area contributed by atoms with E-state index in [9.17, 15) is 4.39 Å². The molecule has 0 spiro atoms. The van der Waals surface area contributed by atoms with Gasteiger partial charge in [-0.15, -0.1) is 0 Å². The van der Waals surface area contributed by atoms with Crippen LogP contribution >= 0.6 is 23.8 Å². The van der Waals surface area contributed by atoms with E-state index >= 15 is 0 Å². The van der Waals surface area contributed by atoms with Crippen LogP contribution in [0.3, 0.4) is 0 Å². The van der Waals surface area contributed by atoms with Crippen LogP contribution in [-0.4, -0.2) is 34.5 Å². The van der Waals surface area contributed by atoms with Crippen molar-refractivity contribution in [1.82, 2.24) is 29.3 Å². The number of nitrogens with zero attached hydrogens (tertiary/aromatic N) is 6. The van der Waals surface area contributed by atoms with Gasteiger partial charge in [-0.2, -0.15) is 15.3 Å². The van der Waals surface area contributed by atoms with Crippen molar-refractivity contribution in [3.63, 3.8) is 0 Å². The van der Waals surface area contributed by atoms with Crippen LogP contribution in [0.1, 0.15) is 23.7 Å². The number of halogens is 2. The molecule has 4 rings (SSSR count). The Balaban J connectivity index is 1.34. The second-order valence-electron chi connectivity index (χ2n) is 7.18. The van der Waals surface area contributed by atoms with Crippen molar-refractivity contribution in [2.45, 2.75) is 33.5 Å². The molecule has 0 aliphatic rings. The van der Waals surface area contributed by atoms with Gasteiger partial charge in [0.2, 0.25) is 0 Å². The van der Waals surface area contributed by atoms with E-state index < -0.39 is 0 Å². The smallest absolute Gasteiger partial charge is 0.176 e. The Morgan fingerprint density at radius 3 is 2.72 bits per heavy atom. The first-order valence-corrected chi connectivity index (χ1v) is 10.8. The first kappa shape index (κ1) is 22.0. The molecule has 0 bridgehead atoms. The standard InChI is InChI=1S/C21H22ClFN8S/c1-3-31-14(2)15(9-25-31)11-30-12-16(10-24-30)26-21(32)27-20-7-8-29(28-20)13-17-18(22)5-4-6-19(17)23/h4-10,12H,3,11,13H2,1-2H3,(H2,26,27,28,32). The van der Waals surface area contributed by atoms with Crippen molar-refractivity contribution in [3.05, 3.63) is 76.7 Å². The molecule has 0 unspecified atom stereocenters. The number of nitrogens with one attached hydrogen (secondary N) is 2. The zero-order valence-corrected chi connectivity index (χ0v) is 19.2. The predicted octanol–water partition coefficient (Wildman–Crippen LogP) is 4.30. The summed E-state index contributed by atoms with van der Waals surface area (Å²) in [6.07, 6.45) is 7.16. The molecular weight excluding hydrogens is 451 g/mol. The Kier molecular flexibility index (Phi) is 6.52. The molecule has 1 aromatic carbocycles. The molecule has 32 heavy (non-hydrogen) atoms. The summed E-state index contributed by atoms with van der Waals surface area (Å²) in [6, 6.07) is 6.35. The van der Waals surface area contributed by atoms with Crippen LogP contribution < -0.4 is 10.6 Å². The SMILES string of the molecule is CCn1ncc(Cn2cc(NC(=S)Nc3ccn(Cc4c(F)cccc4Cl)n3)cn2)c1C. The number of anilines is 2. The number of aryl methyl sites for hydroxylation is 1. The van der Waals surface area contributed by atoms with Crippen LogP contribution in [0.15, 0.2) is 49.1 Å². The molecule has 3 heterocycles. The Morgan fingerprint density at radius 1 is 1.12 bits per heavy atom. The number of thiocarbonyl (C=S) groups is 1. The average molecular weight is 473 g/mol. The van der Waals surface area contributed by atoms with Gasteiger partial charge in [-0.25, -0.2) is 4.39 Å². The maximum atomic E-state index is 14.0. The number of hydrogen-bond acceptors (Lipinski definition) is 4. The molecule has 0 aliphatic carbocycles. The van der Waals surface area contributed by atoms with Gasteiger partial charge in [0.15, 0.2) is 10.9 Å². The third kappa shape index (κ3) is 4.97. The minimum absolute atomic E-state index is 0.216. The monoisotopic (exact) mass is 472 g/mol. The summed E-state index contributed by atoms with van der Waals surface area (Å²) >= 11 is 11.5. The van der Waals surface area contributed by atoms with Crippen LogP contribution in [0.25, 0.3) is 0 Å². The van der Waals surface area contributed by atoms with Gasteiger partial charge < -0.3 is 10.6 Å². The molecule has 166 valence electrons. The third-order valence-corrected chi connectivity index (χ3v) is 5.55. The number of hydrogen-bond donors (Lipinski definition) is 2. The van der Waals surface area contributed by atoms with Gasteiger partial charge in [0, 0.05) is 46.8 Å². The normalized spacial score (nSPS) is 11.0. The highest BCUT2D eigenvalue weighted by atomic mass is 35.5. The highest BCUT2D eigenvalue weighted by Crippen LogP contribution is 2.20. The van der Waals surface area contributed by atoms with Crippen LogP contribution in [0.4, 0.5) is 15.9 Å². The van der Waals surface area contributed by atoms with E-state index in [1.54, 1.807) is 35.3 Å². The average Bonchev–Trinajstić information content (AvgIpc) is 3.47. The van der Waals surface area contributed by atoms with Crippen molar-refractivity contribution in [2.24, 2.45) is 0 Å². The Hall–Kier alpha value is -3.24. The molecule has 3 aromatic heterocycles. The van der Waals surface area contributed by atoms with Gasteiger partial charge in [-0.3, -0.25) is 14.0 Å². The first-order chi connectivity index (χ1) is 15.4. The largest absolute Gasteiger partial charge is 0.330 e. The summed E-state index contributed by atoms with van der Waals surface area (Å²) in [5.74, 6) is 0.166. The van der Waals surface area contributed by atoms with Crippen molar-refractivity contribution in [3.8, 4) is 0 Å². The quantitative estimate of drug-likeness (QED) is 0.390. The van der Waals surface area contributed by atoms with Crippen molar-refractivity contribution in [2.75, 3.05) is 10.6 Å². The Labute approximate surface area is 195 Å². The van der Waals surface area contributed by atoms with Gasteiger partial charge in [-0.1, -0.05) is 17.7 Å². The number of benzene rings is 1. The molecule has 0 radical (unpaired) electrons. The van der Waals surface area contributed by atoms with Gasteiger partial charge in [0.25, 0.3) is 0 Å². The number of rotatable bonds is 7. The van der Waals surface area contributed by atoms with Crippen LogP contribution in [0.5, 0.6) is 0 Å².